The molecule has 6 heteroatoms. The van der Waals surface area contributed by atoms with Crippen LogP contribution in [-0.2, 0) is 16.0 Å². The second kappa shape index (κ2) is 7.50. The van der Waals surface area contributed by atoms with Crippen molar-refractivity contribution in [2.75, 3.05) is 6.61 Å². The average molecular weight is 370 g/mol. The Labute approximate surface area is 118 Å². The third kappa shape index (κ3) is 5.16. The molecule has 1 aromatic rings. The Morgan fingerprint density at radius 3 is 2.72 bits per heavy atom. The Kier molecular flexibility index (Phi) is 6.31. The zero-order valence-corrected chi connectivity index (χ0v) is 11.9. The van der Waals surface area contributed by atoms with Gasteiger partial charge in [0, 0.05) is 9.99 Å². The molecule has 0 spiro atoms. The third-order valence-electron chi connectivity index (χ3n) is 2.15. The summed E-state index contributed by atoms with van der Waals surface area (Å²) in [5.74, 6) is -0.143. The molecule has 0 aliphatic heterocycles. The Bertz CT molecular complexity index is 410. The topological polar surface area (TPSA) is 35.5 Å². The van der Waals surface area contributed by atoms with Crippen LogP contribution in [0.5, 0.6) is 5.75 Å². The van der Waals surface area contributed by atoms with Crippen LogP contribution in [0.25, 0.3) is 0 Å². The van der Waals surface area contributed by atoms with Crippen LogP contribution >= 0.6 is 22.6 Å². The van der Waals surface area contributed by atoms with Crippen molar-refractivity contribution in [3.63, 3.8) is 0 Å². The molecule has 0 radical (unpaired) electrons. The number of rotatable bonds is 6. The first kappa shape index (κ1) is 15.1. The Balaban J connectivity index is 2.59. The van der Waals surface area contributed by atoms with E-state index in [4.69, 9.17) is 4.74 Å². The predicted molar refractivity (Wildman–Crippen MR) is 70.7 cm³/mol. The van der Waals surface area contributed by atoms with E-state index >= 15 is 0 Å². The van der Waals surface area contributed by atoms with Crippen molar-refractivity contribution in [2.45, 2.75) is 26.4 Å². The molecular weight excluding hydrogens is 357 g/mol. The molecule has 3 nitrogen and oxygen atoms in total. The van der Waals surface area contributed by atoms with E-state index in [1.807, 2.05) is 22.6 Å². The fraction of sp³-hybridized carbons (Fsp3) is 0.417. The summed E-state index contributed by atoms with van der Waals surface area (Å²) in [4.78, 5) is 11.2. The highest BCUT2D eigenvalue weighted by Gasteiger charge is 2.09. The Morgan fingerprint density at radius 1 is 1.44 bits per heavy atom. The van der Waals surface area contributed by atoms with E-state index in [9.17, 15) is 13.6 Å². The molecule has 0 fully saturated rings. The number of hydrogen-bond acceptors (Lipinski definition) is 3. The Hall–Kier alpha value is -0.920. The lowest BCUT2D eigenvalue weighted by Crippen LogP contribution is -2.06. The van der Waals surface area contributed by atoms with Crippen molar-refractivity contribution in [1.82, 2.24) is 0 Å². The maximum atomic E-state index is 12.0. The van der Waals surface area contributed by atoms with E-state index in [1.54, 1.807) is 13.0 Å². The number of benzene rings is 1. The minimum atomic E-state index is -2.83. The normalized spacial score (nSPS) is 10.5. The van der Waals surface area contributed by atoms with Crippen LogP contribution in [0.1, 0.15) is 18.9 Å². The highest BCUT2D eigenvalue weighted by molar-refractivity contribution is 14.1. The first-order chi connectivity index (χ1) is 8.52. The molecule has 0 heterocycles. The lowest BCUT2D eigenvalue weighted by molar-refractivity contribution is -0.143. The SMILES string of the molecule is CCOC(=O)CCc1ccc(OC(F)F)cc1I. The molecule has 0 atom stereocenters. The summed E-state index contributed by atoms with van der Waals surface area (Å²) in [6.45, 7) is -0.721. The number of esters is 1. The van der Waals surface area contributed by atoms with Gasteiger partial charge in [0.05, 0.1) is 6.61 Å². The molecule has 0 amide bonds. The zero-order valence-electron chi connectivity index (χ0n) is 9.79. The lowest BCUT2D eigenvalue weighted by atomic mass is 10.1. The standard InChI is InChI=1S/C12H13F2IO3/c1-2-17-11(16)6-4-8-3-5-9(7-10(8)15)18-12(13)14/h3,5,7,12H,2,4,6H2,1H3. The van der Waals surface area contributed by atoms with Crippen LogP contribution < -0.4 is 4.74 Å². The van der Waals surface area contributed by atoms with E-state index < -0.39 is 6.61 Å². The molecule has 18 heavy (non-hydrogen) atoms. The lowest BCUT2D eigenvalue weighted by Gasteiger charge is -2.08. The van der Waals surface area contributed by atoms with Crippen LogP contribution in [0.2, 0.25) is 0 Å². The van der Waals surface area contributed by atoms with Gasteiger partial charge in [-0.3, -0.25) is 4.79 Å². The van der Waals surface area contributed by atoms with Crippen LogP contribution in [-0.4, -0.2) is 19.2 Å². The van der Waals surface area contributed by atoms with Crippen molar-refractivity contribution in [2.24, 2.45) is 0 Å². The molecule has 0 aromatic heterocycles. The molecule has 1 rings (SSSR count). The third-order valence-corrected chi connectivity index (χ3v) is 3.16. The minimum absolute atomic E-state index is 0.120. The van der Waals surface area contributed by atoms with Gasteiger partial charge in [-0.2, -0.15) is 8.78 Å². The van der Waals surface area contributed by atoms with Gasteiger partial charge < -0.3 is 9.47 Å². The molecule has 0 saturated carbocycles. The van der Waals surface area contributed by atoms with E-state index in [-0.39, 0.29) is 18.1 Å². The summed E-state index contributed by atoms with van der Waals surface area (Å²) in [7, 11) is 0. The van der Waals surface area contributed by atoms with E-state index in [1.165, 1.54) is 12.1 Å². The van der Waals surface area contributed by atoms with Gasteiger partial charge in [-0.1, -0.05) is 6.07 Å². The number of halogens is 3. The fourth-order valence-electron chi connectivity index (χ4n) is 1.38. The first-order valence-corrected chi connectivity index (χ1v) is 6.49. The van der Waals surface area contributed by atoms with Gasteiger partial charge in [0.25, 0.3) is 0 Å². The fourth-order valence-corrected chi connectivity index (χ4v) is 2.13. The summed E-state index contributed by atoms with van der Waals surface area (Å²) >= 11 is 2.02. The van der Waals surface area contributed by atoms with Gasteiger partial charge in [0.15, 0.2) is 0 Å². The second-order valence-corrected chi connectivity index (χ2v) is 4.60. The van der Waals surface area contributed by atoms with Gasteiger partial charge in [0.1, 0.15) is 5.75 Å². The van der Waals surface area contributed by atoms with E-state index in [2.05, 4.69) is 4.74 Å². The average Bonchev–Trinajstić information content (AvgIpc) is 2.27. The molecule has 0 unspecified atom stereocenters. The quantitative estimate of drug-likeness (QED) is 0.569. The summed E-state index contributed by atoms with van der Waals surface area (Å²) < 4.78 is 33.9. The summed E-state index contributed by atoms with van der Waals surface area (Å²) in [6, 6.07) is 4.67. The number of ether oxygens (including phenoxy) is 2. The van der Waals surface area contributed by atoms with Gasteiger partial charge in [-0.25, -0.2) is 0 Å². The van der Waals surface area contributed by atoms with Crippen molar-refractivity contribution >= 4 is 28.6 Å². The van der Waals surface area contributed by atoms with Crippen LogP contribution in [0.15, 0.2) is 18.2 Å². The highest BCUT2D eigenvalue weighted by atomic mass is 127. The van der Waals surface area contributed by atoms with Crippen molar-refractivity contribution in [1.29, 1.82) is 0 Å². The number of hydrogen-bond donors (Lipinski definition) is 0. The smallest absolute Gasteiger partial charge is 0.387 e. The van der Waals surface area contributed by atoms with Crippen molar-refractivity contribution in [3.05, 3.63) is 27.3 Å². The van der Waals surface area contributed by atoms with Crippen LogP contribution in [0.3, 0.4) is 0 Å². The largest absolute Gasteiger partial charge is 0.466 e. The van der Waals surface area contributed by atoms with Gasteiger partial charge in [0.2, 0.25) is 0 Å². The molecule has 0 aliphatic carbocycles. The van der Waals surface area contributed by atoms with E-state index in [0.29, 0.717) is 13.0 Å². The van der Waals surface area contributed by atoms with Crippen molar-refractivity contribution in [3.8, 4) is 5.75 Å². The second-order valence-electron chi connectivity index (χ2n) is 3.44. The monoisotopic (exact) mass is 370 g/mol. The summed E-state index contributed by atoms with van der Waals surface area (Å²) in [5.41, 5.74) is 0.908. The van der Waals surface area contributed by atoms with E-state index in [0.717, 1.165) is 9.13 Å². The highest BCUT2D eigenvalue weighted by Crippen LogP contribution is 2.22. The number of aryl methyl sites for hydroxylation is 1. The Morgan fingerprint density at radius 2 is 2.17 bits per heavy atom. The molecule has 100 valence electrons. The number of alkyl halides is 2. The van der Waals surface area contributed by atoms with Crippen LogP contribution in [0.4, 0.5) is 8.78 Å². The molecular formula is C12H13F2IO3. The molecule has 0 aliphatic rings. The minimum Gasteiger partial charge on any atom is -0.466 e. The molecule has 0 bridgehead atoms. The summed E-state index contributed by atoms with van der Waals surface area (Å²) in [5, 5.41) is 0. The molecule has 0 N–H and O–H groups in total. The van der Waals surface area contributed by atoms with Gasteiger partial charge >= 0.3 is 12.6 Å². The van der Waals surface area contributed by atoms with Gasteiger partial charge in [-0.15, -0.1) is 0 Å². The number of carbonyl (C=O) groups is 1. The van der Waals surface area contributed by atoms with Crippen LogP contribution in [0, 0.1) is 3.57 Å². The van der Waals surface area contributed by atoms with Gasteiger partial charge in [-0.05, 0) is 53.6 Å². The molecule has 0 saturated heterocycles. The summed E-state index contributed by atoms with van der Waals surface area (Å²) in [6.07, 6.45) is 0.797. The zero-order chi connectivity index (χ0) is 13.5. The van der Waals surface area contributed by atoms with Crippen molar-refractivity contribution < 1.29 is 23.0 Å². The molecule has 1 aromatic carbocycles. The number of carbonyl (C=O) groups excluding carboxylic acids is 1. The maximum absolute atomic E-state index is 12.0. The first-order valence-electron chi connectivity index (χ1n) is 5.41. The maximum Gasteiger partial charge on any atom is 0.387 e. The predicted octanol–water partition coefficient (Wildman–Crippen LogP) is 3.39.